The average molecular weight is 338 g/mol. The van der Waals surface area contributed by atoms with E-state index in [4.69, 9.17) is 0 Å². The molecule has 0 saturated heterocycles. The van der Waals surface area contributed by atoms with Crippen molar-refractivity contribution in [3.05, 3.63) is 47.5 Å². The highest BCUT2D eigenvalue weighted by molar-refractivity contribution is 5.42. The minimum atomic E-state index is -4.31. The quantitative estimate of drug-likeness (QED) is 0.742. The predicted octanol–water partition coefficient (Wildman–Crippen LogP) is 2.21. The molecule has 2 aromatic heterocycles. The molecular formula is C14H13F3N6O. The first-order valence-electron chi connectivity index (χ1n) is 7.01. The van der Waals surface area contributed by atoms with Gasteiger partial charge in [0, 0.05) is 6.54 Å². The summed E-state index contributed by atoms with van der Waals surface area (Å²) in [5.74, 6) is 0.604. The Bertz CT molecular complexity index is 802. The molecule has 0 bridgehead atoms. The molecule has 10 heteroatoms. The van der Waals surface area contributed by atoms with Crippen molar-refractivity contribution in [3.8, 4) is 0 Å². The van der Waals surface area contributed by atoms with Crippen LogP contribution in [0.5, 0.6) is 0 Å². The lowest BCUT2D eigenvalue weighted by molar-refractivity contribution is -0.176. The van der Waals surface area contributed by atoms with Crippen LogP contribution in [-0.2, 0) is 17.9 Å². The molecule has 0 amide bonds. The van der Waals surface area contributed by atoms with E-state index in [1.165, 1.54) is 4.63 Å². The molecule has 0 aliphatic heterocycles. The molecule has 3 aromatic rings. The maximum atomic E-state index is 12.0. The predicted molar refractivity (Wildman–Crippen MR) is 78.1 cm³/mol. The van der Waals surface area contributed by atoms with Gasteiger partial charge in [-0.3, -0.25) is 0 Å². The fraction of sp³-hybridized carbons (Fsp3) is 0.286. The summed E-state index contributed by atoms with van der Waals surface area (Å²) in [6, 6.07) is 10.6. The van der Waals surface area contributed by atoms with Crippen LogP contribution >= 0.6 is 0 Å². The second-order valence-corrected chi connectivity index (χ2v) is 5.02. The van der Waals surface area contributed by atoms with E-state index < -0.39 is 12.8 Å². The fourth-order valence-electron chi connectivity index (χ4n) is 1.97. The Labute approximate surface area is 134 Å². The number of rotatable bonds is 6. The van der Waals surface area contributed by atoms with Gasteiger partial charge in [-0.25, -0.2) is 0 Å². The lowest BCUT2D eigenvalue weighted by atomic mass is 10.1. The summed E-state index contributed by atoms with van der Waals surface area (Å²) in [5, 5.41) is 18.3. The van der Waals surface area contributed by atoms with Crippen LogP contribution in [0.1, 0.15) is 11.1 Å². The highest BCUT2D eigenvalue weighted by Crippen LogP contribution is 2.16. The number of hydrogen-bond acceptors (Lipinski definition) is 6. The maximum absolute atomic E-state index is 12.0. The van der Waals surface area contributed by atoms with Crippen molar-refractivity contribution in [1.82, 2.24) is 25.3 Å². The molecule has 1 N–H and O–H groups in total. The number of halogens is 3. The van der Waals surface area contributed by atoms with Gasteiger partial charge in [-0.15, -0.1) is 14.8 Å². The standard InChI is InChI=1S/C14H13F3N6O/c15-14(16,17)9-24-8-11-3-1-10(2-4-11)7-18-12-5-6-13-19-21-22-23(13)20-12/h1-6H,7-9H2,(H,18,20). The number of hydrogen-bond donors (Lipinski definition) is 1. The summed E-state index contributed by atoms with van der Waals surface area (Å²) in [7, 11) is 0. The van der Waals surface area contributed by atoms with E-state index in [-0.39, 0.29) is 6.61 Å². The monoisotopic (exact) mass is 338 g/mol. The Balaban J connectivity index is 1.52. The van der Waals surface area contributed by atoms with Crippen molar-refractivity contribution < 1.29 is 17.9 Å². The molecule has 0 radical (unpaired) electrons. The lowest BCUT2D eigenvalue weighted by Crippen LogP contribution is -2.16. The van der Waals surface area contributed by atoms with Gasteiger partial charge in [0.2, 0.25) is 0 Å². The van der Waals surface area contributed by atoms with Gasteiger partial charge in [0.1, 0.15) is 12.4 Å². The number of ether oxygens (including phenoxy) is 1. The zero-order valence-electron chi connectivity index (χ0n) is 12.4. The van der Waals surface area contributed by atoms with Gasteiger partial charge in [-0.2, -0.15) is 13.2 Å². The number of aromatic nitrogens is 5. The van der Waals surface area contributed by atoms with Crippen LogP contribution < -0.4 is 5.32 Å². The van der Waals surface area contributed by atoms with E-state index in [9.17, 15) is 13.2 Å². The Hall–Kier alpha value is -2.75. The normalized spacial score (nSPS) is 11.8. The Morgan fingerprint density at radius 3 is 2.54 bits per heavy atom. The first-order valence-corrected chi connectivity index (χ1v) is 7.01. The first-order chi connectivity index (χ1) is 11.5. The summed E-state index contributed by atoms with van der Waals surface area (Å²) < 4.78 is 41.9. The van der Waals surface area contributed by atoms with E-state index in [0.29, 0.717) is 23.6 Å². The molecule has 0 saturated carbocycles. The van der Waals surface area contributed by atoms with Gasteiger partial charge in [0.25, 0.3) is 0 Å². The van der Waals surface area contributed by atoms with Gasteiger partial charge >= 0.3 is 6.18 Å². The average Bonchev–Trinajstić information content (AvgIpc) is 3.00. The highest BCUT2D eigenvalue weighted by atomic mass is 19.4. The third-order valence-corrected chi connectivity index (χ3v) is 3.10. The summed E-state index contributed by atoms with van der Waals surface area (Å²) >= 11 is 0. The van der Waals surface area contributed by atoms with Crippen molar-refractivity contribution >= 4 is 11.5 Å². The van der Waals surface area contributed by atoms with Crippen molar-refractivity contribution in [2.45, 2.75) is 19.3 Å². The molecule has 0 aliphatic carbocycles. The largest absolute Gasteiger partial charge is 0.411 e. The van der Waals surface area contributed by atoms with Crippen molar-refractivity contribution in [2.24, 2.45) is 0 Å². The molecule has 0 atom stereocenters. The molecule has 0 aliphatic rings. The summed E-state index contributed by atoms with van der Waals surface area (Å²) in [6.07, 6.45) is -4.31. The Morgan fingerprint density at radius 2 is 1.79 bits per heavy atom. The molecule has 0 spiro atoms. The van der Waals surface area contributed by atoms with Crippen molar-refractivity contribution in [3.63, 3.8) is 0 Å². The van der Waals surface area contributed by atoms with Crippen LogP contribution in [-0.4, -0.2) is 38.0 Å². The SMILES string of the molecule is FC(F)(F)COCc1ccc(CNc2ccc3nnnn3n2)cc1. The number of nitrogens with zero attached hydrogens (tertiary/aromatic N) is 5. The summed E-state index contributed by atoms with van der Waals surface area (Å²) in [4.78, 5) is 0. The van der Waals surface area contributed by atoms with Crippen LogP contribution in [0, 0.1) is 0 Å². The van der Waals surface area contributed by atoms with Crippen molar-refractivity contribution in [1.29, 1.82) is 0 Å². The number of nitrogens with one attached hydrogen (secondary N) is 1. The number of tetrazole rings is 1. The van der Waals surface area contributed by atoms with Crippen LogP contribution in [0.2, 0.25) is 0 Å². The first kappa shape index (κ1) is 16.1. The third kappa shape index (κ3) is 4.38. The molecule has 0 unspecified atom stereocenters. The zero-order valence-corrected chi connectivity index (χ0v) is 12.4. The topological polar surface area (TPSA) is 77.2 Å². The van der Waals surface area contributed by atoms with E-state index >= 15 is 0 Å². The Morgan fingerprint density at radius 1 is 1.04 bits per heavy atom. The van der Waals surface area contributed by atoms with Gasteiger partial charge in [0.15, 0.2) is 5.65 Å². The minimum Gasteiger partial charge on any atom is -0.367 e. The van der Waals surface area contributed by atoms with E-state index in [0.717, 1.165) is 5.56 Å². The summed E-state index contributed by atoms with van der Waals surface area (Å²) in [6.45, 7) is -0.823. The van der Waals surface area contributed by atoms with Crippen molar-refractivity contribution in [2.75, 3.05) is 11.9 Å². The van der Waals surface area contributed by atoms with Crippen LogP contribution in [0.3, 0.4) is 0 Å². The van der Waals surface area contributed by atoms with E-state index in [2.05, 4.69) is 30.7 Å². The zero-order chi connectivity index (χ0) is 17.0. The second kappa shape index (κ2) is 6.79. The molecule has 24 heavy (non-hydrogen) atoms. The van der Waals surface area contributed by atoms with Gasteiger partial charge in [0.05, 0.1) is 6.61 Å². The summed E-state index contributed by atoms with van der Waals surface area (Å²) in [5.41, 5.74) is 2.17. The third-order valence-electron chi connectivity index (χ3n) is 3.10. The lowest BCUT2D eigenvalue weighted by Gasteiger charge is -2.09. The van der Waals surface area contributed by atoms with Gasteiger partial charge in [-0.05, 0) is 33.7 Å². The van der Waals surface area contributed by atoms with E-state index in [1.54, 1.807) is 24.3 Å². The van der Waals surface area contributed by atoms with Crippen LogP contribution in [0.25, 0.3) is 5.65 Å². The van der Waals surface area contributed by atoms with Crippen LogP contribution in [0.4, 0.5) is 19.0 Å². The molecule has 3 rings (SSSR count). The molecule has 126 valence electrons. The number of benzene rings is 1. The fourth-order valence-corrected chi connectivity index (χ4v) is 1.97. The minimum absolute atomic E-state index is 0.0786. The smallest absolute Gasteiger partial charge is 0.367 e. The molecule has 7 nitrogen and oxygen atoms in total. The highest BCUT2D eigenvalue weighted by Gasteiger charge is 2.27. The number of fused-ring (bicyclic) bond motifs is 1. The van der Waals surface area contributed by atoms with Gasteiger partial charge in [-0.1, -0.05) is 24.3 Å². The van der Waals surface area contributed by atoms with E-state index in [1.807, 2.05) is 12.1 Å². The molecule has 2 heterocycles. The number of anilines is 1. The second-order valence-electron chi connectivity index (χ2n) is 5.02. The van der Waals surface area contributed by atoms with Gasteiger partial charge < -0.3 is 10.1 Å². The van der Waals surface area contributed by atoms with Crippen LogP contribution in [0.15, 0.2) is 36.4 Å². The molecular weight excluding hydrogens is 325 g/mol. The maximum Gasteiger partial charge on any atom is 0.411 e. The number of alkyl halides is 3. The molecule has 0 fully saturated rings. The Kier molecular flexibility index (Phi) is 4.56. The molecule has 1 aromatic carbocycles.